The number of carbonyl (C=O) groups excluding carboxylic acids is 1. The van der Waals surface area contributed by atoms with Crippen LogP contribution in [0.15, 0.2) is 77.7 Å². The highest BCUT2D eigenvalue weighted by Gasteiger charge is 2.11. The Hall–Kier alpha value is -3.71. The number of H-pyrrole nitrogens is 1. The van der Waals surface area contributed by atoms with Crippen LogP contribution >= 0.6 is 0 Å². The number of aromatic amines is 1. The first-order chi connectivity index (χ1) is 14.4. The third-order valence-electron chi connectivity index (χ3n) is 4.67. The molecule has 0 radical (unpaired) electrons. The Bertz CT molecular complexity index is 1350. The molecule has 0 atom stereocenters. The van der Waals surface area contributed by atoms with E-state index in [0.717, 1.165) is 28.4 Å². The fraction of sp³-hybridized carbons (Fsp3) is 0.0435. The van der Waals surface area contributed by atoms with Crippen molar-refractivity contribution in [3.05, 3.63) is 89.6 Å². The van der Waals surface area contributed by atoms with E-state index >= 15 is 0 Å². The predicted octanol–water partition coefficient (Wildman–Crippen LogP) is 4.39. The van der Waals surface area contributed by atoms with Gasteiger partial charge in [0, 0.05) is 22.9 Å². The number of aromatic nitrogens is 2. The molecule has 0 saturated heterocycles. The minimum atomic E-state index is -3.30. The van der Waals surface area contributed by atoms with Crippen molar-refractivity contribution in [2.24, 2.45) is 0 Å². The van der Waals surface area contributed by atoms with Crippen LogP contribution in [-0.2, 0) is 9.84 Å². The molecule has 30 heavy (non-hydrogen) atoms. The smallest absolute Gasteiger partial charge is 0.255 e. The minimum absolute atomic E-state index is 0.175. The van der Waals surface area contributed by atoms with E-state index in [1.54, 1.807) is 0 Å². The fourth-order valence-corrected chi connectivity index (χ4v) is 3.72. The summed E-state index contributed by atoms with van der Waals surface area (Å²) in [5, 5.41) is 11.2. The predicted molar refractivity (Wildman–Crippen MR) is 119 cm³/mol. The summed E-state index contributed by atoms with van der Waals surface area (Å²) in [4.78, 5) is 12.8. The van der Waals surface area contributed by atoms with E-state index in [-0.39, 0.29) is 10.8 Å². The van der Waals surface area contributed by atoms with E-state index in [9.17, 15) is 13.2 Å². The number of hydrogen-bond acceptors (Lipinski definition) is 4. The number of para-hydroxylation sites is 2. The van der Waals surface area contributed by atoms with Gasteiger partial charge < -0.3 is 5.32 Å². The molecular weight excluding hydrogens is 398 g/mol. The van der Waals surface area contributed by atoms with E-state index in [1.165, 1.54) is 24.3 Å². The molecule has 0 saturated carbocycles. The Morgan fingerprint density at radius 1 is 0.933 bits per heavy atom. The quantitative estimate of drug-likeness (QED) is 0.504. The zero-order valence-electron chi connectivity index (χ0n) is 16.2. The number of amides is 1. The summed E-state index contributed by atoms with van der Waals surface area (Å²) < 4.78 is 23.2. The number of sulfone groups is 1. The van der Waals surface area contributed by atoms with Crippen LogP contribution in [0.3, 0.4) is 0 Å². The molecule has 1 heterocycles. The monoisotopic (exact) mass is 417 g/mol. The van der Waals surface area contributed by atoms with Crippen LogP contribution in [0.2, 0.25) is 0 Å². The van der Waals surface area contributed by atoms with Crippen molar-refractivity contribution >= 4 is 44.5 Å². The van der Waals surface area contributed by atoms with Crippen molar-refractivity contribution in [3.8, 4) is 0 Å². The van der Waals surface area contributed by atoms with Crippen molar-refractivity contribution in [1.29, 1.82) is 0 Å². The number of carbonyl (C=O) groups is 1. The molecule has 0 fully saturated rings. The lowest BCUT2D eigenvalue weighted by Crippen LogP contribution is -2.13. The minimum Gasteiger partial charge on any atom is -0.321 e. The maximum atomic E-state index is 12.6. The number of hydrogen-bond donors (Lipinski definition) is 2. The number of anilines is 1. The second kappa shape index (κ2) is 7.96. The lowest BCUT2D eigenvalue weighted by Gasteiger charge is -2.09. The summed E-state index contributed by atoms with van der Waals surface area (Å²) in [5.74, 6) is -0.318. The van der Waals surface area contributed by atoms with Crippen LogP contribution < -0.4 is 5.32 Å². The van der Waals surface area contributed by atoms with Crippen molar-refractivity contribution in [2.45, 2.75) is 4.90 Å². The Morgan fingerprint density at radius 3 is 2.40 bits per heavy atom. The largest absolute Gasteiger partial charge is 0.321 e. The molecule has 4 rings (SSSR count). The normalized spacial score (nSPS) is 11.8. The van der Waals surface area contributed by atoms with Gasteiger partial charge in [0.2, 0.25) is 0 Å². The molecule has 0 aliphatic rings. The van der Waals surface area contributed by atoms with E-state index in [1.807, 2.05) is 60.7 Å². The second-order valence-corrected chi connectivity index (χ2v) is 8.84. The molecule has 1 amide bonds. The SMILES string of the molecule is CS(=O)(=O)c1ccc(C(=O)Nc2ccccc2/C=C/c2n[nH]c3ccccc23)cc1. The maximum Gasteiger partial charge on any atom is 0.255 e. The molecule has 3 aromatic carbocycles. The van der Waals surface area contributed by atoms with E-state index < -0.39 is 9.84 Å². The van der Waals surface area contributed by atoms with Gasteiger partial charge >= 0.3 is 0 Å². The van der Waals surface area contributed by atoms with Crippen LogP contribution in [0, 0.1) is 0 Å². The van der Waals surface area contributed by atoms with Crippen molar-refractivity contribution in [1.82, 2.24) is 10.2 Å². The zero-order chi connectivity index (χ0) is 21.1. The van der Waals surface area contributed by atoms with Crippen LogP contribution in [0.25, 0.3) is 23.1 Å². The Kier molecular flexibility index (Phi) is 5.20. The van der Waals surface area contributed by atoms with Crippen molar-refractivity contribution in [3.63, 3.8) is 0 Å². The molecule has 0 aliphatic carbocycles. The first-order valence-corrected chi connectivity index (χ1v) is 11.1. The summed E-state index contributed by atoms with van der Waals surface area (Å²) in [7, 11) is -3.30. The van der Waals surface area contributed by atoms with Gasteiger partial charge in [-0.2, -0.15) is 5.10 Å². The van der Waals surface area contributed by atoms with Gasteiger partial charge in [-0.1, -0.05) is 42.5 Å². The van der Waals surface area contributed by atoms with Gasteiger partial charge in [0.1, 0.15) is 0 Å². The highest BCUT2D eigenvalue weighted by molar-refractivity contribution is 7.90. The molecule has 6 nitrogen and oxygen atoms in total. The standard InChI is InChI=1S/C23H19N3O3S/c1-30(28,29)18-13-10-17(11-14-18)23(27)24-20-8-4-2-6-16(20)12-15-22-19-7-3-5-9-21(19)25-26-22/h2-15H,1H3,(H,24,27)(H,25,26)/b15-12+. The Balaban J connectivity index is 1.57. The summed E-state index contributed by atoms with van der Waals surface area (Å²) >= 11 is 0. The molecule has 150 valence electrons. The van der Waals surface area contributed by atoms with E-state index in [4.69, 9.17) is 0 Å². The molecular formula is C23H19N3O3S. The van der Waals surface area contributed by atoms with E-state index in [2.05, 4.69) is 15.5 Å². The molecule has 4 aromatic rings. The van der Waals surface area contributed by atoms with Crippen molar-refractivity contribution < 1.29 is 13.2 Å². The molecule has 2 N–H and O–H groups in total. The number of nitrogens with zero attached hydrogens (tertiary/aromatic N) is 1. The molecule has 7 heteroatoms. The lowest BCUT2D eigenvalue weighted by atomic mass is 10.1. The lowest BCUT2D eigenvalue weighted by molar-refractivity contribution is 0.102. The van der Waals surface area contributed by atoms with Gasteiger partial charge in [0.05, 0.1) is 16.1 Å². The summed E-state index contributed by atoms with van der Waals surface area (Å²) in [6, 6.07) is 21.1. The molecule has 0 bridgehead atoms. The third-order valence-corrected chi connectivity index (χ3v) is 5.80. The highest BCUT2D eigenvalue weighted by atomic mass is 32.2. The molecule has 1 aromatic heterocycles. The Labute approximate surface area is 174 Å². The van der Waals surface area contributed by atoms with Gasteiger partial charge in [0.15, 0.2) is 9.84 Å². The summed E-state index contributed by atoms with van der Waals surface area (Å²) in [5.41, 5.74) is 3.61. The van der Waals surface area contributed by atoms with Crippen LogP contribution in [0.4, 0.5) is 5.69 Å². The number of fused-ring (bicyclic) bond motifs is 1. The first kappa shape index (κ1) is 19.6. The van der Waals surface area contributed by atoms with Crippen LogP contribution in [0.1, 0.15) is 21.6 Å². The Morgan fingerprint density at radius 2 is 1.63 bits per heavy atom. The van der Waals surface area contributed by atoms with Crippen molar-refractivity contribution in [2.75, 3.05) is 11.6 Å². The fourth-order valence-electron chi connectivity index (χ4n) is 3.08. The molecule has 0 spiro atoms. The van der Waals surface area contributed by atoms with Gasteiger partial charge in [0.25, 0.3) is 5.91 Å². The van der Waals surface area contributed by atoms with Crippen LogP contribution in [0.5, 0.6) is 0 Å². The number of nitrogens with one attached hydrogen (secondary N) is 2. The number of benzene rings is 3. The highest BCUT2D eigenvalue weighted by Crippen LogP contribution is 2.22. The first-order valence-electron chi connectivity index (χ1n) is 9.23. The van der Waals surface area contributed by atoms with E-state index in [0.29, 0.717) is 11.3 Å². The molecule has 0 unspecified atom stereocenters. The zero-order valence-corrected chi connectivity index (χ0v) is 17.0. The number of rotatable bonds is 5. The topological polar surface area (TPSA) is 91.9 Å². The summed E-state index contributed by atoms with van der Waals surface area (Å²) in [6.45, 7) is 0. The third kappa shape index (κ3) is 4.16. The maximum absolute atomic E-state index is 12.6. The summed E-state index contributed by atoms with van der Waals surface area (Å²) in [6.07, 6.45) is 4.92. The van der Waals surface area contributed by atoms with Gasteiger partial charge in [-0.3, -0.25) is 9.89 Å². The van der Waals surface area contributed by atoms with Gasteiger partial charge in [-0.05, 0) is 48.0 Å². The van der Waals surface area contributed by atoms with Crippen LogP contribution in [-0.4, -0.2) is 30.8 Å². The van der Waals surface area contributed by atoms with Gasteiger partial charge in [-0.15, -0.1) is 0 Å². The van der Waals surface area contributed by atoms with Gasteiger partial charge in [-0.25, -0.2) is 8.42 Å². The average molecular weight is 417 g/mol. The average Bonchev–Trinajstić information content (AvgIpc) is 3.16. The molecule has 0 aliphatic heterocycles. The second-order valence-electron chi connectivity index (χ2n) is 6.83.